The topological polar surface area (TPSA) is 94.3 Å². The van der Waals surface area contributed by atoms with Crippen LogP contribution in [0.2, 0.25) is 0 Å². The van der Waals surface area contributed by atoms with Crippen LogP contribution < -0.4 is 18.9 Å². The molecule has 6 rings (SSSR count). The minimum absolute atomic E-state index is 0.243. The Labute approximate surface area is 207 Å². The van der Waals surface area contributed by atoms with E-state index < -0.39 is 0 Å². The molecule has 0 aliphatic carbocycles. The number of imidazole rings is 2. The summed E-state index contributed by atoms with van der Waals surface area (Å²) >= 11 is 1.94. The highest BCUT2D eigenvalue weighted by Crippen LogP contribution is 2.45. The smallest absolute Gasteiger partial charge is 0.231 e. The van der Waals surface area contributed by atoms with E-state index in [1.165, 1.54) is 11.1 Å². The number of thioether (sulfide) groups is 1. The number of aromatic nitrogens is 4. The van der Waals surface area contributed by atoms with Crippen LogP contribution in [0.15, 0.2) is 61.4 Å². The Hall–Kier alpha value is -3.59. The number of aryl methyl sites for hydroxylation is 2. The second-order valence-corrected chi connectivity index (χ2v) is 9.99. The number of fused-ring (bicyclic) bond motifs is 2. The Bertz CT molecular complexity index is 1160. The van der Waals surface area contributed by atoms with Gasteiger partial charge in [0, 0.05) is 34.3 Å². The normalized spacial score (nSPS) is 15.3. The number of nitrogens with one attached hydrogen (secondary N) is 2. The molecule has 0 spiro atoms. The molecule has 0 saturated carbocycles. The van der Waals surface area contributed by atoms with E-state index in [0.29, 0.717) is 13.6 Å². The summed E-state index contributed by atoms with van der Waals surface area (Å²) in [5.74, 6) is 3.28. The molecule has 35 heavy (non-hydrogen) atoms. The lowest BCUT2D eigenvalue weighted by atomic mass is 10.1. The molecule has 0 fully saturated rings. The van der Waals surface area contributed by atoms with E-state index in [1.54, 1.807) is 12.7 Å². The van der Waals surface area contributed by atoms with Crippen molar-refractivity contribution in [3.8, 4) is 23.0 Å². The summed E-state index contributed by atoms with van der Waals surface area (Å²) in [5.41, 5.74) is 4.72. The van der Waals surface area contributed by atoms with Crippen LogP contribution in [-0.2, 0) is 12.8 Å². The van der Waals surface area contributed by atoms with Crippen molar-refractivity contribution in [3.05, 3.63) is 84.0 Å². The molecule has 180 valence electrons. The predicted octanol–water partition coefficient (Wildman–Crippen LogP) is 5.37. The van der Waals surface area contributed by atoms with Gasteiger partial charge in [-0.1, -0.05) is 12.1 Å². The number of rotatable bonds is 10. The second kappa shape index (κ2) is 9.95. The SMILES string of the molecule is c1ncc(C(CCc2ccc3c(c2)OCO3)SC(CCc2ccc3c(c2)OCO3)c2cnc[nH]2)[nH]1. The third-order valence-corrected chi connectivity index (χ3v) is 7.96. The summed E-state index contributed by atoms with van der Waals surface area (Å²) in [5, 5.41) is 0.487. The van der Waals surface area contributed by atoms with Crippen LogP contribution in [0.1, 0.15) is 45.9 Å². The van der Waals surface area contributed by atoms with Crippen molar-refractivity contribution >= 4 is 11.8 Å². The van der Waals surface area contributed by atoms with Crippen LogP contribution in [0.4, 0.5) is 0 Å². The van der Waals surface area contributed by atoms with Gasteiger partial charge in [-0.2, -0.15) is 0 Å². The number of H-pyrrole nitrogens is 2. The van der Waals surface area contributed by atoms with Crippen LogP contribution in [0.25, 0.3) is 0 Å². The van der Waals surface area contributed by atoms with Crippen LogP contribution in [0, 0.1) is 0 Å². The minimum Gasteiger partial charge on any atom is -0.454 e. The molecule has 2 unspecified atom stereocenters. The lowest BCUT2D eigenvalue weighted by Gasteiger charge is -2.22. The van der Waals surface area contributed by atoms with Gasteiger partial charge in [0.1, 0.15) is 0 Å². The quantitative estimate of drug-likeness (QED) is 0.309. The molecule has 2 aliphatic rings. The van der Waals surface area contributed by atoms with Gasteiger partial charge in [0.2, 0.25) is 13.6 Å². The van der Waals surface area contributed by atoms with Gasteiger partial charge in [-0.05, 0) is 61.1 Å². The zero-order valence-corrected chi connectivity index (χ0v) is 19.9. The summed E-state index contributed by atoms with van der Waals surface area (Å²) in [6, 6.07) is 12.4. The van der Waals surface area contributed by atoms with Gasteiger partial charge in [-0.15, -0.1) is 11.8 Å². The predicted molar refractivity (Wildman–Crippen MR) is 132 cm³/mol. The summed E-state index contributed by atoms with van der Waals surface area (Å²) in [6.45, 7) is 0.585. The number of benzene rings is 2. The highest BCUT2D eigenvalue weighted by molar-refractivity contribution is 7.99. The molecule has 9 heteroatoms. The number of hydrogen-bond donors (Lipinski definition) is 2. The highest BCUT2D eigenvalue weighted by atomic mass is 32.2. The van der Waals surface area contributed by atoms with Crippen LogP contribution in [-0.4, -0.2) is 33.5 Å². The van der Waals surface area contributed by atoms with Gasteiger partial charge >= 0.3 is 0 Å². The van der Waals surface area contributed by atoms with E-state index in [4.69, 9.17) is 18.9 Å². The standard InChI is InChI=1S/C26H26N4O4S/c1-5-21-23(33-15-31-21)9-17(1)3-7-25(19-11-27-13-29-19)35-26(20-12-28-14-30-20)8-4-18-2-6-22-24(10-18)34-16-32-22/h1-2,5-6,9-14,25-26H,3-4,7-8,15-16H2,(H,27,29)(H,28,30). The van der Waals surface area contributed by atoms with Crippen molar-refractivity contribution in [2.24, 2.45) is 0 Å². The number of nitrogens with zero attached hydrogens (tertiary/aromatic N) is 2. The Morgan fingerprint density at radius 3 is 1.63 bits per heavy atom. The molecule has 2 aromatic carbocycles. The van der Waals surface area contributed by atoms with Crippen molar-refractivity contribution in [3.63, 3.8) is 0 Å². The zero-order chi connectivity index (χ0) is 23.5. The molecule has 0 saturated heterocycles. The average molecular weight is 491 g/mol. The van der Waals surface area contributed by atoms with Crippen molar-refractivity contribution in [2.75, 3.05) is 13.6 Å². The monoisotopic (exact) mass is 490 g/mol. The van der Waals surface area contributed by atoms with E-state index in [0.717, 1.165) is 60.1 Å². The third kappa shape index (κ3) is 4.95. The fraction of sp³-hybridized carbons (Fsp3) is 0.308. The molecular weight excluding hydrogens is 464 g/mol. The van der Waals surface area contributed by atoms with E-state index in [1.807, 2.05) is 36.3 Å². The molecule has 0 radical (unpaired) electrons. The first-order chi connectivity index (χ1) is 17.3. The zero-order valence-electron chi connectivity index (χ0n) is 19.1. The van der Waals surface area contributed by atoms with Crippen LogP contribution in [0.3, 0.4) is 0 Å². The molecule has 2 atom stereocenters. The molecule has 8 nitrogen and oxygen atoms in total. The fourth-order valence-electron chi connectivity index (χ4n) is 4.47. The van der Waals surface area contributed by atoms with Gasteiger partial charge in [0.25, 0.3) is 0 Å². The molecule has 2 aromatic heterocycles. The summed E-state index contributed by atoms with van der Waals surface area (Å²) in [4.78, 5) is 15.3. The summed E-state index contributed by atoms with van der Waals surface area (Å²) < 4.78 is 22.0. The summed E-state index contributed by atoms with van der Waals surface area (Å²) in [6.07, 6.45) is 11.1. The van der Waals surface area contributed by atoms with Crippen LogP contribution in [0.5, 0.6) is 23.0 Å². The van der Waals surface area contributed by atoms with E-state index in [9.17, 15) is 0 Å². The number of hydrogen-bond acceptors (Lipinski definition) is 7. The molecule has 0 bridgehead atoms. The van der Waals surface area contributed by atoms with Gasteiger partial charge in [-0.25, -0.2) is 9.97 Å². The van der Waals surface area contributed by atoms with Gasteiger partial charge < -0.3 is 28.9 Å². The highest BCUT2D eigenvalue weighted by Gasteiger charge is 2.23. The lowest BCUT2D eigenvalue weighted by Crippen LogP contribution is -2.05. The van der Waals surface area contributed by atoms with Crippen LogP contribution >= 0.6 is 11.8 Å². The van der Waals surface area contributed by atoms with E-state index in [2.05, 4.69) is 44.2 Å². The third-order valence-electron chi connectivity index (χ3n) is 6.33. The van der Waals surface area contributed by atoms with E-state index >= 15 is 0 Å². The Morgan fingerprint density at radius 1 is 0.686 bits per heavy atom. The Balaban J connectivity index is 1.17. The van der Waals surface area contributed by atoms with Gasteiger partial charge in [0.05, 0.1) is 12.7 Å². The Morgan fingerprint density at radius 2 is 1.17 bits per heavy atom. The summed E-state index contributed by atoms with van der Waals surface area (Å²) in [7, 11) is 0. The maximum absolute atomic E-state index is 5.56. The van der Waals surface area contributed by atoms with E-state index in [-0.39, 0.29) is 10.5 Å². The first kappa shape index (κ1) is 21.9. The number of aromatic amines is 2. The first-order valence-corrected chi connectivity index (χ1v) is 12.6. The van der Waals surface area contributed by atoms with Crippen molar-refractivity contribution in [2.45, 2.75) is 36.2 Å². The lowest BCUT2D eigenvalue weighted by molar-refractivity contribution is 0.173. The number of ether oxygens (including phenoxy) is 4. The molecule has 2 aliphatic heterocycles. The second-order valence-electron chi connectivity index (χ2n) is 8.58. The molecule has 4 aromatic rings. The van der Waals surface area contributed by atoms with Crippen molar-refractivity contribution < 1.29 is 18.9 Å². The molecular formula is C26H26N4O4S. The van der Waals surface area contributed by atoms with Gasteiger partial charge in [0.15, 0.2) is 23.0 Å². The fourth-order valence-corrected chi connectivity index (χ4v) is 5.92. The average Bonchev–Trinajstić information content (AvgIpc) is 3.70. The van der Waals surface area contributed by atoms with Crippen molar-refractivity contribution in [1.29, 1.82) is 0 Å². The molecule has 2 N–H and O–H groups in total. The molecule has 0 amide bonds. The first-order valence-electron chi connectivity index (χ1n) is 11.7. The van der Waals surface area contributed by atoms with Crippen molar-refractivity contribution in [1.82, 2.24) is 19.9 Å². The van der Waals surface area contributed by atoms with Gasteiger partial charge in [-0.3, -0.25) is 0 Å². The largest absolute Gasteiger partial charge is 0.454 e. The molecule has 4 heterocycles. The minimum atomic E-state index is 0.243. The maximum atomic E-state index is 5.56. The maximum Gasteiger partial charge on any atom is 0.231 e. The Kier molecular flexibility index (Phi) is 6.23.